The Morgan fingerprint density at radius 2 is 1.82 bits per heavy atom. The van der Waals surface area contributed by atoms with Crippen LogP contribution >= 0.6 is 22.9 Å². The lowest BCUT2D eigenvalue weighted by molar-refractivity contribution is -0.136. The van der Waals surface area contributed by atoms with E-state index in [4.69, 9.17) is 16.7 Å². The molecule has 0 aliphatic rings. The lowest BCUT2D eigenvalue weighted by atomic mass is 10.1. The van der Waals surface area contributed by atoms with Crippen LogP contribution in [0.5, 0.6) is 0 Å². The van der Waals surface area contributed by atoms with E-state index >= 15 is 0 Å². The summed E-state index contributed by atoms with van der Waals surface area (Å²) in [5, 5.41) is 21.6. The number of benzene rings is 2. The minimum atomic E-state index is -1.59. The number of fused-ring (bicyclic) bond motifs is 1. The maximum Gasteiger partial charge on any atom is 0.371 e. The maximum absolute atomic E-state index is 13.2. The van der Waals surface area contributed by atoms with Crippen LogP contribution < -0.4 is 0 Å². The van der Waals surface area contributed by atoms with Gasteiger partial charge in [0.2, 0.25) is 5.76 Å². The van der Waals surface area contributed by atoms with Gasteiger partial charge in [-0.1, -0.05) is 23.7 Å². The molecule has 0 saturated heterocycles. The highest BCUT2D eigenvalue weighted by Crippen LogP contribution is 2.30. The van der Waals surface area contributed by atoms with Crippen molar-refractivity contribution in [1.82, 2.24) is 4.90 Å². The third-order valence-corrected chi connectivity index (χ3v) is 5.30. The SMILES string of the molecule is O=C(O)/C(O)=C/C(=O)N(Cc1ccc(F)cc1)Cc1csc2ccc(Cl)cc12. The smallest absolute Gasteiger partial charge is 0.371 e. The maximum atomic E-state index is 13.2. The van der Waals surface area contributed by atoms with Gasteiger partial charge in [0.15, 0.2) is 0 Å². The zero-order valence-electron chi connectivity index (χ0n) is 14.4. The van der Waals surface area contributed by atoms with Gasteiger partial charge in [0.25, 0.3) is 5.91 Å². The van der Waals surface area contributed by atoms with Gasteiger partial charge in [-0.3, -0.25) is 4.79 Å². The molecule has 1 aromatic heterocycles. The quantitative estimate of drug-likeness (QED) is 0.446. The predicted molar refractivity (Wildman–Crippen MR) is 106 cm³/mol. The number of amides is 1. The summed E-state index contributed by atoms with van der Waals surface area (Å²) in [6.45, 7) is 0.278. The molecule has 1 heterocycles. The Morgan fingerprint density at radius 3 is 2.50 bits per heavy atom. The average Bonchev–Trinajstić information content (AvgIpc) is 3.04. The molecule has 3 rings (SSSR count). The van der Waals surface area contributed by atoms with E-state index in [-0.39, 0.29) is 13.1 Å². The molecule has 0 saturated carbocycles. The van der Waals surface area contributed by atoms with Gasteiger partial charge in [-0.2, -0.15) is 0 Å². The number of carbonyl (C=O) groups excluding carboxylic acids is 1. The topological polar surface area (TPSA) is 77.8 Å². The predicted octanol–water partition coefficient (Wildman–Crippen LogP) is 4.75. The molecule has 0 unspecified atom stereocenters. The zero-order chi connectivity index (χ0) is 20.3. The Bertz CT molecular complexity index is 1060. The van der Waals surface area contributed by atoms with Crippen LogP contribution in [-0.2, 0) is 22.7 Å². The number of aliphatic carboxylic acids is 1. The Morgan fingerprint density at radius 1 is 1.11 bits per heavy atom. The van der Waals surface area contributed by atoms with Crippen LogP contribution in [0.4, 0.5) is 4.39 Å². The van der Waals surface area contributed by atoms with Gasteiger partial charge in [0.1, 0.15) is 5.82 Å². The molecule has 0 aliphatic heterocycles. The molecule has 3 aromatic rings. The van der Waals surface area contributed by atoms with Crippen molar-refractivity contribution in [3.05, 3.63) is 81.6 Å². The van der Waals surface area contributed by atoms with E-state index in [2.05, 4.69) is 0 Å². The van der Waals surface area contributed by atoms with Gasteiger partial charge < -0.3 is 15.1 Å². The highest BCUT2D eigenvalue weighted by atomic mass is 35.5. The molecule has 0 aliphatic carbocycles. The van der Waals surface area contributed by atoms with Crippen LogP contribution in [0.25, 0.3) is 10.1 Å². The first-order valence-electron chi connectivity index (χ1n) is 8.16. The average molecular weight is 420 g/mol. The van der Waals surface area contributed by atoms with Crippen LogP contribution in [0, 0.1) is 5.82 Å². The first-order chi connectivity index (χ1) is 13.3. The summed E-state index contributed by atoms with van der Waals surface area (Å²) in [6.07, 6.45) is 0.660. The fraction of sp³-hybridized carbons (Fsp3) is 0.100. The van der Waals surface area contributed by atoms with Crippen LogP contribution in [0.2, 0.25) is 5.02 Å². The number of rotatable bonds is 6. The number of carbonyl (C=O) groups is 2. The Kier molecular flexibility index (Phi) is 5.96. The molecule has 2 N–H and O–H groups in total. The largest absolute Gasteiger partial charge is 0.502 e. The van der Waals surface area contributed by atoms with Gasteiger partial charge in [0, 0.05) is 22.8 Å². The molecule has 0 fully saturated rings. The van der Waals surface area contributed by atoms with Gasteiger partial charge in [-0.25, -0.2) is 9.18 Å². The Labute approximate surface area is 168 Å². The van der Waals surface area contributed by atoms with E-state index < -0.39 is 23.5 Å². The molecule has 2 aromatic carbocycles. The fourth-order valence-corrected chi connectivity index (χ4v) is 3.78. The number of nitrogens with zero attached hydrogens (tertiary/aromatic N) is 1. The number of aliphatic hydroxyl groups excluding tert-OH is 1. The van der Waals surface area contributed by atoms with Crippen LogP contribution in [-0.4, -0.2) is 27.0 Å². The van der Waals surface area contributed by atoms with Crippen molar-refractivity contribution < 1.29 is 24.2 Å². The van der Waals surface area contributed by atoms with Gasteiger partial charge in [-0.15, -0.1) is 11.3 Å². The second-order valence-electron chi connectivity index (χ2n) is 6.06. The van der Waals surface area contributed by atoms with Gasteiger partial charge in [-0.05, 0) is 52.2 Å². The minimum Gasteiger partial charge on any atom is -0.502 e. The highest BCUT2D eigenvalue weighted by molar-refractivity contribution is 7.17. The first kappa shape index (κ1) is 19.9. The van der Waals surface area contributed by atoms with Crippen molar-refractivity contribution in [2.45, 2.75) is 13.1 Å². The highest BCUT2D eigenvalue weighted by Gasteiger charge is 2.18. The molecule has 0 bridgehead atoms. The Balaban J connectivity index is 1.93. The van der Waals surface area contributed by atoms with Crippen LogP contribution in [0.1, 0.15) is 11.1 Å². The van der Waals surface area contributed by atoms with E-state index in [1.165, 1.54) is 28.4 Å². The van der Waals surface area contributed by atoms with E-state index in [0.717, 1.165) is 15.6 Å². The monoisotopic (exact) mass is 419 g/mol. The number of thiophene rings is 1. The summed E-state index contributed by atoms with van der Waals surface area (Å²) in [6, 6.07) is 11.1. The molecule has 8 heteroatoms. The summed E-state index contributed by atoms with van der Waals surface area (Å²) in [5.41, 5.74) is 1.50. The van der Waals surface area contributed by atoms with Crippen LogP contribution in [0.3, 0.4) is 0 Å². The van der Waals surface area contributed by atoms with Crippen LogP contribution in [0.15, 0.2) is 59.7 Å². The van der Waals surface area contributed by atoms with Crippen molar-refractivity contribution in [3.8, 4) is 0 Å². The fourth-order valence-electron chi connectivity index (χ4n) is 2.67. The molecule has 1 amide bonds. The van der Waals surface area contributed by atoms with Gasteiger partial charge in [0.05, 0.1) is 6.08 Å². The number of halogens is 2. The minimum absolute atomic E-state index is 0.112. The summed E-state index contributed by atoms with van der Waals surface area (Å²) in [4.78, 5) is 24.8. The van der Waals surface area contributed by atoms with E-state index in [0.29, 0.717) is 16.7 Å². The lowest BCUT2D eigenvalue weighted by Gasteiger charge is -2.21. The molecule has 0 atom stereocenters. The molecule has 5 nitrogen and oxygen atoms in total. The van der Waals surface area contributed by atoms with Crippen molar-refractivity contribution in [2.24, 2.45) is 0 Å². The second kappa shape index (κ2) is 8.41. The van der Waals surface area contributed by atoms with Crippen molar-refractivity contribution in [3.63, 3.8) is 0 Å². The molecule has 144 valence electrons. The number of hydrogen-bond donors (Lipinski definition) is 2. The normalized spacial score (nSPS) is 11.6. The third kappa shape index (κ3) is 4.68. The molecule has 0 spiro atoms. The molecular weight excluding hydrogens is 405 g/mol. The Hall–Kier alpha value is -2.90. The number of aliphatic hydroxyl groups is 1. The van der Waals surface area contributed by atoms with E-state index in [9.17, 15) is 19.1 Å². The number of carboxylic acids is 1. The van der Waals surface area contributed by atoms with Crippen molar-refractivity contribution in [1.29, 1.82) is 0 Å². The summed E-state index contributed by atoms with van der Waals surface area (Å²) < 4.78 is 14.2. The first-order valence-corrected chi connectivity index (χ1v) is 9.42. The molecular formula is C20H15ClFNO4S. The summed E-state index contributed by atoms with van der Waals surface area (Å²) >= 11 is 7.57. The van der Waals surface area contributed by atoms with E-state index in [1.807, 2.05) is 11.4 Å². The van der Waals surface area contributed by atoms with Crippen molar-refractivity contribution in [2.75, 3.05) is 0 Å². The second-order valence-corrected chi connectivity index (χ2v) is 7.40. The molecule has 28 heavy (non-hydrogen) atoms. The summed E-state index contributed by atoms with van der Waals surface area (Å²) in [5.74, 6) is -3.72. The lowest BCUT2D eigenvalue weighted by Crippen LogP contribution is -2.29. The molecule has 0 radical (unpaired) electrons. The van der Waals surface area contributed by atoms with E-state index in [1.54, 1.807) is 24.3 Å². The number of hydrogen-bond acceptors (Lipinski definition) is 4. The third-order valence-electron chi connectivity index (χ3n) is 4.05. The zero-order valence-corrected chi connectivity index (χ0v) is 16.0. The number of carboxylic acid groups (broad SMARTS) is 1. The van der Waals surface area contributed by atoms with Crippen molar-refractivity contribution >= 4 is 44.9 Å². The summed E-state index contributed by atoms with van der Waals surface area (Å²) in [7, 11) is 0. The van der Waals surface area contributed by atoms with Gasteiger partial charge >= 0.3 is 5.97 Å². The standard InChI is InChI=1S/C20H15ClFNO4S/c21-14-3-6-18-16(7-14)13(11-28-18)10-23(19(25)8-17(24)20(26)27)9-12-1-4-15(22)5-2-12/h1-8,11,24H,9-10H2,(H,26,27)/b17-8-.